The van der Waals surface area contributed by atoms with Gasteiger partial charge in [0.05, 0.1) is 23.9 Å². The van der Waals surface area contributed by atoms with E-state index >= 15 is 0 Å². The highest BCUT2D eigenvalue weighted by molar-refractivity contribution is 6.03. The Hall–Kier alpha value is -3.05. The third-order valence-corrected chi connectivity index (χ3v) is 9.62. The second-order valence-corrected chi connectivity index (χ2v) is 12.4. The quantitative estimate of drug-likeness (QED) is 0.257. The fourth-order valence-corrected chi connectivity index (χ4v) is 7.86. The summed E-state index contributed by atoms with van der Waals surface area (Å²) in [5, 5.41) is 2.73. The molecule has 1 atom stereocenters. The van der Waals surface area contributed by atoms with Crippen LogP contribution >= 0.6 is 0 Å². The van der Waals surface area contributed by atoms with Crippen LogP contribution in [0.3, 0.4) is 0 Å². The second-order valence-electron chi connectivity index (χ2n) is 12.4. The van der Waals surface area contributed by atoms with Crippen LogP contribution < -0.4 is 0 Å². The molecule has 2 aromatic carbocycles. The van der Waals surface area contributed by atoms with Gasteiger partial charge in [0.2, 0.25) is 0 Å². The molecule has 0 N–H and O–H groups in total. The fourth-order valence-electron chi connectivity index (χ4n) is 7.86. The Morgan fingerprint density at radius 1 is 0.949 bits per heavy atom. The highest BCUT2D eigenvalue weighted by atomic mass is 16.5. The number of carbonyl (C=O) groups is 1. The number of carbonyl (C=O) groups excluding carboxylic acids is 1. The summed E-state index contributed by atoms with van der Waals surface area (Å²) >= 11 is 0. The summed E-state index contributed by atoms with van der Waals surface area (Å²) in [6.07, 6.45) is 12.9. The number of nitrogens with zero attached hydrogens (tertiary/aromatic N) is 3. The average Bonchev–Trinajstić information content (AvgIpc) is 3.47. The molecule has 0 spiro atoms. The molecule has 1 saturated carbocycles. The maximum Gasteiger partial charge on any atom is 0.337 e. The van der Waals surface area contributed by atoms with Crippen molar-refractivity contribution < 1.29 is 9.53 Å². The SMILES string of the molecule is COC(=O)c1ccc2c(C3CCCCC3)c3n(c2c1)CC(C)Cn1cc(CN2CCCCC2)c2cccc-3c21. The molecule has 1 aliphatic carbocycles. The van der Waals surface area contributed by atoms with Gasteiger partial charge < -0.3 is 13.9 Å². The molecule has 5 nitrogen and oxygen atoms in total. The molecule has 2 aromatic heterocycles. The van der Waals surface area contributed by atoms with E-state index in [1.807, 2.05) is 6.07 Å². The number of hydrogen-bond acceptors (Lipinski definition) is 3. The van der Waals surface area contributed by atoms with Crippen molar-refractivity contribution in [2.75, 3.05) is 20.2 Å². The first kappa shape index (κ1) is 25.0. The van der Waals surface area contributed by atoms with Gasteiger partial charge in [0.15, 0.2) is 0 Å². The Kier molecular flexibility index (Phi) is 6.50. The van der Waals surface area contributed by atoms with Gasteiger partial charge in [0.1, 0.15) is 0 Å². The Labute approximate surface area is 231 Å². The third kappa shape index (κ3) is 4.30. The minimum Gasteiger partial charge on any atom is -0.465 e. The lowest BCUT2D eigenvalue weighted by Gasteiger charge is -2.26. The van der Waals surface area contributed by atoms with E-state index in [4.69, 9.17) is 4.74 Å². The standard InChI is InChI=1S/C34H41N3O2/c1-23-19-36-22-26(21-35-16-7-4-8-17-35)27-12-9-13-29(32(27)36)33-31(24-10-5-3-6-11-24)28-15-14-25(34(38)39-2)18-30(28)37(33)20-23/h9,12-15,18,22-24H,3-8,10-11,16-17,19-21H2,1-2H3. The number of esters is 1. The molecule has 4 aromatic rings. The van der Waals surface area contributed by atoms with E-state index in [-0.39, 0.29) is 5.97 Å². The first-order chi connectivity index (χ1) is 19.1. The summed E-state index contributed by atoms with van der Waals surface area (Å²) < 4.78 is 10.3. The van der Waals surface area contributed by atoms with Crippen molar-refractivity contribution in [2.45, 2.75) is 83.8 Å². The minimum absolute atomic E-state index is 0.260. The maximum absolute atomic E-state index is 12.6. The van der Waals surface area contributed by atoms with Crippen LogP contribution in [0.4, 0.5) is 0 Å². The summed E-state index contributed by atoms with van der Waals surface area (Å²) in [6, 6.07) is 13.2. The Morgan fingerprint density at radius 2 is 1.74 bits per heavy atom. The summed E-state index contributed by atoms with van der Waals surface area (Å²) in [5.74, 6) is 0.763. The molecule has 204 valence electrons. The molecule has 7 rings (SSSR count). The lowest BCUT2D eigenvalue weighted by molar-refractivity contribution is 0.0601. The molecule has 39 heavy (non-hydrogen) atoms. The lowest BCUT2D eigenvalue weighted by atomic mass is 9.81. The normalized spacial score (nSPS) is 20.6. The van der Waals surface area contributed by atoms with E-state index in [1.165, 1.54) is 116 Å². The van der Waals surface area contributed by atoms with E-state index in [9.17, 15) is 4.79 Å². The maximum atomic E-state index is 12.6. The molecule has 3 aliphatic rings. The molecule has 0 amide bonds. The van der Waals surface area contributed by atoms with Crippen LogP contribution in [0, 0.1) is 5.92 Å². The van der Waals surface area contributed by atoms with E-state index in [1.54, 1.807) is 0 Å². The molecule has 1 unspecified atom stereocenters. The van der Waals surface area contributed by atoms with Crippen LogP contribution in [0.1, 0.15) is 85.7 Å². The van der Waals surface area contributed by atoms with Gasteiger partial charge in [-0.3, -0.25) is 4.90 Å². The number of methoxy groups -OCH3 is 1. The Morgan fingerprint density at radius 3 is 2.54 bits per heavy atom. The van der Waals surface area contributed by atoms with Crippen molar-refractivity contribution in [3.63, 3.8) is 0 Å². The lowest BCUT2D eigenvalue weighted by Crippen LogP contribution is -2.29. The van der Waals surface area contributed by atoms with E-state index in [0.29, 0.717) is 17.4 Å². The number of ether oxygens (including phenoxy) is 1. The van der Waals surface area contributed by atoms with Gasteiger partial charge in [-0.1, -0.05) is 56.9 Å². The monoisotopic (exact) mass is 523 g/mol. The first-order valence-electron chi connectivity index (χ1n) is 15.2. The molecule has 2 fully saturated rings. The van der Waals surface area contributed by atoms with Crippen molar-refractivity contribution in [2.24, 2.45) is 5.92 Å². The third-order valence-electron chi connectivity index (χ3n) is 9.62. The zero-order chi connectivity index (χ0) is 26.5. The second kappa shape index (κ2) is 10.2. The topological polar surface area (TPSA) is 39.4 Å². The molecule has 4 heterocycles. The average molecular weight is 524 g/mol. The highest BCUT2D eigenvalue weighted by Crippen LogP contribution is 2.47. The van der Waals surface area contributed by atoms with Crippen LogP contribution in [0.5, 0.6) is 0 Å². The molecule has 2 aliphatic heterocycles. The smallest absolute Gasteiger partial charge is 0.337 e. The number of likely N-dealkylation sites (tertiary alicyclic amines) is 1. The summed E-state index contributed by atoms with van der Waals surface area (Å²) in [5.41, 5.74) is 8.95. The molecule has 1 saturated heterocycles. The zero-order valence-corrected chi connectivity index (χ0v) is 23.5. The van der Waals surface area contributed by atoms with Crippen molar-refractivity contribution in [1.82, 2.24) is 14.0 Å². The number of aromatic nitrogens is 2. The van der Waals surface area contributed by atoms with Crippen LogP contribution in [0.25, 0.3) is 33.1 Å². The number of hydrogen-bond donors (Lipinski definition) is 0. The number of benzene rings is 2. The number of rotatable bonds is 4. The van der Waals surface area contributed by atoms with Gasteiger partial charge in [0.25, 0.3) is 0 Å². The van der Waals surface area contributed by atoms with Gasteiger partial charge in [0, 0.05) is 47.7 Å². The highest BCUT2D eigenvalue weighted by Gasteiger charge is 2.31. The van der Waals surface area contributed by atoms with E-state index < -0.39 is 0 Å². The first-order valence-corrected chi connectivity index (χ1v) is 15.2. The van der Waals surface area contributed by atoms with Gasteiger partial charge in [-0.05, 0) is 73.9 Å². The van der Waals surface area contributed by atoms with Gasteiger partial charge in [-0.15, -0.1) is 0 Å². The molecular formula is C34H41N3O2. The number of fused-ring (bicyclic) bond motifs is 4. The van der Waals surface area contributed by atoms with Crippen molar-refractivity contribution >= 4 is 27.8 Å². The zero-order valence-electron chi connectivity index (χ0n) is 23.5. The van der Waals surface area contributed by atoms with Gasteiger partial charge >= 0.3 is 5.97 Å². The summed E-state index contributed by atoms with van der Waals surface area (Å²) in [6.45, 7) is 7.80. The predicted octanol–water partition coefficient (Wildman–Crippen LogP) is 7.73. The Bertz CT molecular complexity index is 1530. The molecule has 0 radical (unpaired) electrons. The minimum atomic E-state index is -0.260. The largest absolute Gasteiger partial charge is 0.465 e. The summed E-state index contributed by atoms with van der Waals surface area (Å²) in [7, 11) is 1.47. The van der Waals surface area contributed by atoms with E-state index in [0.717, 1.165) is 19.6 Å². The summed E-state index contributed by atoms with van der Waals surface area (Å²) in [4.78, 5) is 15.2. The van der Waals surface area contributed by atoms with Crippen molar-refractivity contribution in [3.8, 4) is 11.3 Å². The van der Waals surface area contributed by atoms with Gasteiger partial charge in [-0.2, -0.15) is 0 Å². The molecule has 5 heteroatoms. The van der Waals surface area contributed by atoms with Gasteiger partial charge in [-0.25, -0.2) is 4.79 Å². The van der Waals surface area contributed by atoms with Crippen LogP contribution in [0.15, 0.2) is 42.6 Å². The van der Waals surface area contributed by atoms with Crippen molar-refractivity contribution in [1.29, 1.82) is 0 Å². The number of para-hydroxylation sites is 1. The van der Waals surface area contributed by atoms with Crippen molar-refractivity contribution in [3.05, 3.63) is 59.3 Å². The molecular weight excluding hydrogens is 482 g/mol. The number of piperidine rings is 1. The molecule has 0 bridgehead atoms. The van der Waals surface area contributed by atoms with Crippen LogP contribution in [-0.2, 0) is 24.4 Å². The Balaban J connectivity index is 1.48. The predicted molar refractivity (Wildman–Crippen MR) is 158 cm³/mol. The van der Waals surface area contributed by atoms with E-state index in [2.05, 4.69) is 57.5 Å². The van der Waals surface area contributed by atoms with Crippen LogP contribution in [0.2, 0.25) is 0 Å². The van der Waals surface area contributed by atoms with Crippen LogP contribution in [-0.4, -0.2) is 40.2 Å². The fraction of sp³-hybridized carbons (Fsp3) is 0.500.